The summed E-state index contributed by atoms with van der Waals surface area (Å²) >= 11 is 0. The summed E-state index contributed by atoms with van der Waals surface area (Å²) in [6.07, 6.45) is 12.8. The third-order valence-corrected chi connectivity index (χ3v) is 4.11. The first kappa shape index (κ1) is 12.8. The lowest BCUT2D eigenvalue weighted by Gasteiger charge is -2.00. The van der Waals surface area contributed by atoms with E-state index in [1.54, 1.807) is 5.30 Å². The van der Waals surface area contributed by atoms with Gasteiger partial charge in [0.2, 0.25) is 0 Å². The van der Waals surface area contributed by atoms with Crippen LogP contribution in [0.2, 0.25) is 0 Å². The molecule has 1 atom stereocenters. The van der Waals surface area contributed by atoms with Crippen LogP contribution in [0, 0.1) is 0 Å². The molecule has 0 aliphatic carbocycles. The zero-order valence-electron chi connectivity index (χ0n) is 10.1. The van der Waals surface area contributed by atoms with Crippen molar-refractivity contribution in [2.45, 2.75) is 64.7 Å². The Morgan fingerprint density at radius 3 is 2.20 bits per heavy atom. The maximum atomic E-state index is 2.31. The monoisotopic (exact) mass is 224 g/mol. The summed E-state index contributed by atoms with van der Waals surface area (Å²) in [7, 11) is 0.992. The lowest BCUT2D eigenvalue weighted by molar-refractivity contribution is 0.576. The topological polar surface area (TPSA) is 0 Å². The zero-order valence-corrected chi connectivity index (χ0v) is 11.1. The normalized spacial score (nSPS) is 11.3. The van der Waals surface area contributed by atoms with Crippen molar-refractivity contribution < 1.29 is 0 Å². The standard InChI is InChI=1S/C14H25P/c1-2-3-4-5-6-7-8-9-11-14-12-10-13-15-14/h10,12-13,15H,2-9,11H2,1H3. The molecule has 0 nitrogen and oxygen atoms in total. The minimum atomic E-state index is 0.992. The SMILES string of the molecule is CCCCCCCCCCc1ccc[pH]1. The van der Waals surface area contributed by atoms with E-state index in [1.807, 2.05) is 0 Å². The second kappa shape index (κ2) is 9.04. The summed E-state index contributed by atoms with van der Waals surface area (Å²) in [5.41, 5.74) is 0. The molecule has 1 aromatic rings. The Kier molecular flexibility index (Phi) is 7.74. The third-order valence-electron chi connectivity index (χ3n) is 2.96. The van der Waals surface area contributed by atoms with Gasteiger partial charge in [0.1, 0.15) is 0 Å². The molecule has 0 aromatic carbocycles. The second-order valence-electron chi connectivity index (χ2n) is 4.42. The lowest BCUT2D eigenvalue weighted by Crippen LogP contribution is -1.83. The van der Waals surface area contributed by atoms with Crippen LogP contribution in [0.5, 0.6) is 0 Å². The highest BCUT2D eigenvalue weighted by atomic mass is 31.0. The maximum Gasteiger partial charge on any atom is -0.0244 e. The van der Waals surface area contributed by atoms with Crippen LogP contribution in [0.4, 0.5) is 0 Å². The molecule has 86 valence electrons. The average molecular weight is 224 g/mol. The molecule has 0 aliphatic heterocycles. The Morgan fingerprint density at radius 1 is 0.933 bits per heavy atom. The number of unbranched alkanes of at least 4 members (excludes halogenated alkanes) is 7. The predicted octanol–water partition coefficient (Wildman–Crippen LogP) is 5.40. The Bertz CT molecular complexity index is 213. The molecule has 0 fully saturated rings. The van der Waals surface area contributed by atoms with E-state index < -0.39 is 0 Å². The molecule has 0 saturated heterocycles. The fourth-order valence-corrected chi connectivity index (χ4v) is 2.89. The van der Waals surface area contributed by atoms with E-state index in [0.29, 0.717) is 0 Å². The van der Waals surface area contributed by atoms with Crippen LogP contribution < -0.4 is 0 Å². The van der Waals surface area contributed by atoms with Gasteiger partial charge in [-0.2, -0.15) is 0 Å². The van der Waals surface area contributed by atoms with E-state index in [2.05, 4.69) is 24.9 Å². The Labute approximate surface area is 96.6 Å². The second-order valence-corrected chi connectivity index (χ2v) is 5.68. The van der Waals surface area contributed by atoms with E-state index in [-0.39, 0.29) is 0 Å². The van der Waals surface area contributed by atoms with E-state index >= 15 is 0 Å². The summed E-state index contributed by atoms with van der Waals surface area (Å²) < 4.78 is 0. The van der Waals surface area contributed by atoms with Gasteiger partial charge < -0.3 is 0 Å². The number of hydrogen-bond donors (Lipinski definition) is 0. The van der Waals surface area contributed by atoms with Crippen molar-refractivity contribution in [1.82, 2.24) is 0 Å². The summed E-state index contributed by atoms with van der Waals surface area (Å²) in [6.45, 7) is 2.28. The predicted molar refractivity (Wildman–Crippen MR) is 72.3 cm³/mol. The molecule has 1 unspecified atom stereocenters. The first-order valence-electron chi connectivity index (χ1n) is 6.55. The van der Waals surface area contributed by atoms with E-state index in [4.69, 9.17) is 0 Å². The minimum Gasteiger partial charge on any atom is -0.137 e. The highest BCUT2D eigenvalue weighted by Gasteiger charge is 1.93. The molecule has 1 rings (SSSR count). The smallest absolute Gasteiger partial charge is 0.0244 e. The number of aryl methyl sites for hydroxylation is 1. The van der Waals surface area contributed by atoms with E-state index in [9.17, 15) is 0 Å². The van der Waals surface area contributed by atoms with E-state index in [0.717, 1.165) is 8.19 Å². The van der Waals surface area contributed by atoms with E-state index in [1.165, 1.54) is 57.8 Å². The first-order valence-corrected chi connectivity index (χ1v) is 7.63. The highest BCUT2D eigenvalue weighted by molar-refractivity contribution is 7.30. The van der Waals surface area contributed by atoms with Crippen molar-refractivity contribution >= 4 is 8.19 Å². The van der Waals surface area contributed by atoms with Gasteiger partial charge in [-0.3, -0.25) is 0 Å². The van der Waals surface area contributed by atoms with Gasteiger partial charge >= 0.3 is 0 Å². The largest absolute Gasteiger partial charge is 0.137 e. The van der Waals surface area contributed by atoms with Crippen molar-refractivity contribution in [1.29, 1.82) is 0 Å². The maximum absolute atomic E-state index is 2.31. The van der Waals surface area contributed by atoms with Crippen LogP contribution in [0.25, 0.3) is 0 Å². The third kappa shape index (κ3) is 6.79. The highest BCUT2D eigenvalue weighted by Crippen LogP contribution is 2.18. The molecule has 0 spiro atoms. The molecule has 0 saturated carbocycles. The molecule has 1 heterocycles. The molecule has 0 amide bonds. The van der Waals surface area contributed by atoms with Crippen molar-refractivity contribution in [3.63, 3.8) is 0 Å². The average Bonchev–Trinajstić information content (AvgIpc) is 2.75. The van der Waals surface area contributed by atoms with Gasteiger partial charge in [-0.05, 0) is 23.9 Å². The van der Waals surface area contributed by atoms with Gasteiger partial charge in [0, 0.05) is 0 Å². The van der Waals surface area contributed by atoms with Crippen molar-refractivity contribution in [2.24, 2.45) is 0 Å². The Hall–Kier alpha value is -0.220. The summed E-state index contributed by atoms with van der Waals surface area (Å²) in [5.74, 6) is 2.29. The summed E-state index contributed by atoms with van der Waals surface area (Å²) in [4.78, 5) is 0. The molecule has 1 aromatic heterocycles. The van der Waals surface area contributed by atoms with Gasteiger partial charge in [-0.15, -0.1) is 8.19 Å². The Balaban J connectivity index is 1.81. The molecule has 0 radical (unpaired) electrons. The van der Waals surface area contributed by atoms with Crippen LogP contribution in [0.15, 0.2) is 17.9 Å². The molecule has 15 heavy (non-hydrogen) atoms. The fraction of sp³-hybridized carbons (Fsp3) is 0.714. The van der Waals surface area contributed by atoms with Gasteiger partial charge in [0.25, 0.3) is 0 Å². The molecule has 0 bridgehead atoms. The minimum absolute atomic E-state index is 0.992. The fourth-order valence-electron chi connectivity index (χ4n) is 1.97. The van der Waals surface area contributed by atoms with Crippen LogP contribution >= 0.6 is 8.19 Å². The zero-order chi connectivity index (χ0) is 10.8. The molecule has 0 N–H and O–H groups in total. The van der Waals surface area contributed by atoms with Crippen molar-refractivity contribution in [2.75, 3.05) is 0 Å². The van der Waals surface area contributed by atoms with Crippen LogP contribution in [-0.2, 0) is 6.42 Å². The van der Waals surface area contributed by atoms with Gasteiger partial charge in [-0.25, -0.2) is 0 Å². The van der Waals surface area contributed by atoms with Gasteiger partial charge in [-0.1, -0.05) is 64.0 Å². The van der Waals surface area contributed by atoms with Crippen LogP contribution in [0.1, 0.15) is 63.6 Å². The van der Waals surface area contributed by atoms with Gasteiger partial charge in [0.05, 0.1) is 0 Å². The molecule has 1 heteroatoms. The molecule has 0 aliphatic rings. The summed E-state index contributed by atoms with van der Waals surface area (Å²) in [6, 6.07) is 4.51. The number of hydrogen-bond acceptors (Lipinski definition) is 0. The quantitative estimate of drug-likeness (QED) is 0.492. The lowest BCUT2D eigenvalue weighted by atomic mass is 10.1. The summed E-state index contributed by atoms with van der Waals surface area (Å²) in [5, 5.41) is 1.67. The molecular weight excluding hydrogens is 199 g/mol. The molecular formula is C14H25P. The number of rotatable bonds is 9. The van der Waals surface area contributed by atoms with Gasteiger partial charge in [0.15, 0.2) is 0 Å². The first-order chi connectivity index (χ1) is 7.43. The van der Waals surface area contributed by atoms with Crippen LogP contribution in [0.3, 0.4) is 0 Å². The Morgan fingerprint density at radius 2 is 1.60 bits per heavy atom. The van der Waals surface area contributed by atoms with Crippen LogP contribution in [-0.4, -0.2) is 0 Å². The van der Waals surface area contributed by atoms with Crippen molar-refractivity contribution in [3.8, 4) is 0 Å². The van der Waals surface area contributed by atoms with Crippen molar-refractivity contribution in [3.05, 3.63) is 23.2 Å².